The third-order valence-electron chi connectivity index (χ3n) is 2.02. The van der Waals surface area contributed by atoms with Crippen molar-refractivity contribution in [2.24, 2.45) is 5.73 Å². The van der Waals surface area contributed by atoms with Gasteiger partial charge >= 0.3 is 6.09 Å². The predicted molar refractivity (Wildman–Crippen MR) is 52.8 cm³/mol. The van der Waals surface area contributed by atoms with E-state index >= 15 is 0 Å². The van der Waals surface area contributed by atoms with Gasteiger partial charge in [-0.3, -0.25) is 4.90 Å². The van der Waals surface area contributed by atoms with Crippen LogP contribution in [0.1, 0.15) is 0 Å². The number of hydrogen-bond acceptors (Lipinski definition) is 3. The zero-order valence-corrected chi connectivity index (χ0v) is 8.09. The molecule has 1 saturated heterocycles. The van der Waals surface area contributed by atoms with Crippen LogP contribution in [0.15, 0.2) is 0 Å². The lowest BCUT2D eigenvalue weighted by Crippen LogP contribution is -2.50. The van der Waals surface area contributed by atoms with Crippen molar-refractivity contribution < 1.29 is 9.90 Å². The molecule has 0 unspecified atom stereocenters. The number of nitrogens with zero attached hydrogens (tertiary/aromatic N) is 2. The monoisotopic (exact) mass is 203 g/mol. The summed E-state index contributed by atoms with van der Waals surface area (Å²) in [6.45, 7) is 3.09. The standard InChI is InChI=1S/C7H13N3O2S/c8-6(13)5-9-1-3-10(4-2-9)7(11)12/h1-5H2,(H2,8,13)(H,11,12). The van der Waals surface area contributed by atoms with E-state index in [1.54, 1.807) is 0 Å². The summed E-state index contributed by atoms with van der Waals surface area (Å²) in [6.07, 6.45) is -0.852. The summed E-state index contributed by atoms with van der Waals surface area (Å²) in [4.78, 5) is 14.5. The molecule has 1 aliphatic heterocycles. The minimum absolute atomic E-state index is 0.462. The third-order valence-corrected chi connectivity index (χ3v) is 2.15. The van der Waals surface area contributed by atoms with Gasteiger partial charge < -0.3 is 15.7 Å². The van der Waals surface area contributed by atoms with Gasteiger partial charge in [-0.25, -0.2) is 4.79 Å². The molecule has 1 aliphatic rings. The summed E-state index contributed by atoms with van der Waals surface area (Å²) in [5, 5.41) is 8.66. The lowest BCUT2D eigenvalue weighted by atomic mass is 10.3. The van der Waals surface area contributed by atoms with Crippen LogP contribution in [-0.4, -0.2) is 58.7 Å². The van der Waals surface area contributed by atoms with Gasteiger partial charge in [-0.2, -0.15) is 0 Å². The van der Waals surface area contributed by atoms with Crippen LogP contribution in [0.25, 0.3) is 0 Å². The van der Waals surface area contributed by atoms with E-state index in [0.717, 1.165) is 0 Å². The van der Waals surface area contributed by atoms with Crippen LogP contribution >= 0.6 is 12.2 Å². The Kier molecular flexibility index (Phi) is 3.44. The molecule has 1 heterocycles. The maximum Gasteiger partial charge on any atom is 0.407 e. The SMILES string of the molecule is NC(=S)CN1CCN(C(=O)O)CC1. The highest BCUT2D eigenvalue weighted by Crippen LogP contribution is 2.00. The maximum absolute atomic E-state index is 10.5. The highest BCUT2D eigenvalue weighted by atomic mass is 32.1. The van der Waals surface area contributed by atoms with Crippen LogP contribution in [0.4, 0.5) is 4.79 Å². The number of amides is 1. The number of carbonyl (C=O) groups is 1. The van der Waals surface area contributed by atoms with E-state index in [9.17, 15) is 4.79 Å². The molecule has 0 saturated carbocycles. The molecule has 0 spiro atoms. The Morgan fingerprint density at radius 1 is 1.38 bits per heavy atom. The summed E-state index contributed by atoms with van der Waals surface area (Å²) >= 11 is 4.76. The van der Waals surface area contributed by atoms with Crippen LogP contribution in [0.5, 0.6) is 0 Å². The summed E-state index contributed by atoms with van der Waals surface area (Å²) in [6, 6.07) is 0. The molecule has 74 valence electrons. The van der Waals surface area contributed by atoms with Crippen LogP contribution in [0.3, 0.4) is 0 Å². The second kappa shape index (κ2) is 4.38. The van der Waals surface area contributed by atoms with Crippen LogP contribution in [0, 0.1) is 0 Å². The molecular formula is C7H13N3O2S. The first-order valence-corrected chi connectivity index (χ1v) is 4.49. The van der Waals surface area contributed by atoms with Gasteiger partial charge in [0.25, 0.3) is 0 Å². The van der Waals surface area contributed by atoms with Crippen molar-refractivity contribution in [1.29, 1.82) is 0 Å². The molecule has 3 N–H and O–H groups in total. The summed E-state index contributed by atoms with van der Waals surface area (Å²) in [5.74, 6) is 0. The van der Waals surface area contributed by atoms with Gasteiger partial charge in [-0.1, -0.05) is 12.2 Å². The molecule has 0 aromatic rings. The fourth-order valence-corrected chi connectivity index (χ4v) is 1.50. The predicted octanol–water partition coefficient (Wildman–Crippen LogP) is -0.432. The fraction of sp³-hybridized carbons (Fsp3) is 0.714. The molecule has 0 aromatic heterocycles. The number of piperazine rings is 1. The largest absolute Gasteiger partial charge is 0.465 e. The van der Waals surface area contributed by atoms with Gasteiger partial charge in [0.1, 0.15) is 0 Å². The second-order valence-corrected chi connectivity index (χ2v) is 3.54. The van der Waals surface area contributed by atoms with Gasteiger partial charge in [0, 0.05) is 32.7 Å². The first-order chi connectivity index (χ1) is 6.09. The van der Waals surface area contributed by atoms with Crippen molar-refractivity contribution in [3.8, 4) is 0 Å². The van der Waals surface area contributed by atoms with E-state index in [-0.39, 0.29) is 0 Å². The van der Waals surface area contributed by atoms with Crippen molar-refractivity contribution in [2.45, 2.75) is 0 Å². The summed E-state index contributed by atoms with van der Waals surface area (Å²) < 4.78 is 0. The highest BCUT2D eigenvalue weighted by Gasteiger charge is 2.19. The quantitative estimate of drug-likeness (QED) is 0.596. The van der Waals surface area contributed by atoms with Crippen molar-refractivity contribution in [3.63, 3.8) is 0 Å². The van der Waals surface area contributed by atoms with Crippen molar-refractivity contribution >= 4 is 23.3 Å². The summed E-state index contributed by atoms with van der Waals surface area (Å²) in [7, 11) is 0. The van der Waals surface area contributed by atoms with E-state index in [1.165, 1.54) is 4.90 Å². The zero-order chi connectivity index (χ0) is 9.84. The first kappa shape index (κ1) is 10.2. The van der Waals surface area contributed by atoms with Gasteiger partial charge in [-0.15, -0.1) is 0 Å². The Morgan fingerprint density at radius 3 is 2.31 bits per heavy atom. The Labute approximate surface area is 82.1 Å². The number of rotatable bonds is 2. The zero-order valence-electron chi connectivity index (χ0n) is 7.27. The number of hydrogen-bond donors (Lipinski definition) is 2. The third kappa shape index (κ3) is 3.16. The van der Waals surface area contributed by atoms with E-state index in [4.69, 9.17) is 23.1 Å². The average Bonchev–Trinajstić information content (AvgIpc) is 2.04. The Balaban J connectivity index is 2.30. The minimum atomic E-state index is -0.852. The lowest BCUT2D eigenvalue weighted by molar-refractivity contribution is 0.111. The maximum atomic E-state index is 10.5. The molecule has 0 bridgehead atoms. The average molecular weight is 203 g/mol. The normalized spacial score (nSPS) is 18.6. The van der Waals surface area contributed by atoms with Gasteiger partial charge in [0.05, 0.1) is 4.99 Å². The van der Waals surface area contributed by atoms with E-state index in [1.807, 2.05) is 0 Å². The van der Waals surface area contributed by atoms with E-state index < -0.39 is 6.09 Å². The number of nitrogens with two attached hydrogens (primary N) is 1. The van der Waals surface area contributed by atoms with Gasteiger partial charge in [0.15, 0.2) is 0 Å². The summed E-state index contributed by atoms with van der Waals surface area (Å²) in [5.41, 5.74) is 5.38. The molecule has 1 rings (SSSR count). The van der Waals surface area contributed by atoms with Gasteiger partial charge in [-0.05, 0) is 0 Å². The minimum Gasteiger partial charge on any atom is -0.465 e. The second-order valence-electron chi connectivity index (χ2n) is 3.01. The lowest BCUT2D eigenvalue weighted by Gasteiger charge is -2.32. The molecule has 1 amide bonds. The molecule has 0 atom stereocenters. The number of carboxylic acid groups (broad SMARTS) is 1. The topological polar surface area (TPSA) is 69.8 Å². The molecule has 1 fully saturated rings. The van der Waals surface area contributed by atoms with Crippen LogP contribution < -0.4 is 5.73 Å². The molecule has 0 aromatic carbocycles. The fourth-order valence-electron chi connectivity index (χ4n) is 1.32. The molecular weight excluding hydrogens is 190 g/mol. The Hall–Kier alpha value is -0.880. The van der Waals surface area contributed by atoms with E-state index in [2.05, 4.69) is 4.90 Å². The van der Waals surface area contributed by atoms with Gasteiger partial charge in [0.2, 0.25) is 0 Å². The van der Waals surface area contributed by atoms with Crippen molar-refractivity contribution in [1.82, 2.24) is 9.80 Å². The van der Waals surface area contributed by atoms with Crippen LogP contribution in [-0.2, 0) is 0 Å². The van der Waals surface area contributed by atoms with E-state index in [0.29, 0.717) is 37.7 Å². The highest BCUT2D eigenvalue weighted by molar-refractivity contribution is 7.80. The molecule has 6 heteroatoms. The number of thiocarbonyl (C=S) groups is 1. The molecule has 5 nitrogen and oxygen atoms in total. The Morgan fingerprint density at radius 2 is 1.92 bits per heavy atom. The first-order valence-electron chi connectivity index (χ1n) is 4.08. The van der Waals surface area contributed by atoms with Crippen LogP contribution in [0.2, 0.25) is 0 Å². The molecule has 0 aliphatic carbocycles. The molecule has 0 radical (unpaired) electrons. The van der Waals surface area contributed by atoms with Crippen molar-refractivity contribution in [3.05, 3.63) is 0 Å². The van der Waals surface area contributed by atoms with Crippen molar-refractivity contribution in [2.75, 3.05) is 32.7 Å². The Bertz CT molecular complexity index is 214. The smallest absolute Gasteiger partial charge is 0.407 e. The molecule has 13 heavy (non-hydrogen) atoms.